The number of nitrogens with two attached hydrogens (primary N) is 1. The lowest BCUT2D eigenvalue weighted by Gasteiger charge is -2.34. The second-order valence-corrected chi connectivity index (χ2v) is 7.77. The highest BCUT2D eigenvalue weighted by Gasteiger charge is 2.66. The number of aromatic nitrogens is 1. The zero-order valence-electron chi connectivity index (χ0n) is 18.2. The number of methoxy groups -OCH3 is 2. The summed E-state index contributed by atoms with van der Waals surface area (Å²) in [5.74, 6) is -6.67. The maximum Gasteiger partial charge on any atom is 0.408 e. The van der Waals surface area contributed by atoms with Crippen LogP contribution in [0.2, 0.25) is 0 Å². The molecule has 1 saturated heterocycles. The number of hydrogen-bond acceptors (Lipinski definition) is 6. The maximum absolute atomic E-state index is 14.4. The number of nitrogens with zero attached hydrogens (tertiary/aromatic N) is 1. The molecule has 1 fully saturated rings. The Kier molecular flexibility index (Phi) is 6.80. The van der Waals surface area contributed by atoms with Gasteiger partial charge in [-0.25, -0.2) is 4.39 Å². The predicted octanol–water partition coefficient (Wildman–Crippen LogP) is 2.50. The molecule has 4 atom stereocenters. The van der Waals surface area contributed by atoms with Crippen LogP contribution in [0.25, 0.3) is 0 Å². The number of anilines is 1. The molecular weight excluding hydrogens is 467 g/mol. The van der Waals surface area contributed by atoms with Crippen LogP contribution in [0, 0.1) is 11.6 Å². The number of carbonyl (C=O) groups excluding carboxylic acids is 2. The van der Waals surface area contributed by atoms with Crippen LogP contribution < -0.4 is 21.1 Å². The Balaban J connectivity index is 2.11. The van der Waals surface area contributed by atoms with Gasteiger partial charge in [-0.3, -0.25) is 19.9 Å². The van der Waals surface area contributed by atoms with Gasteiger partial charge in [0.05, 0.1) is 19.3 Å². The van der Waals surface area contributed by atoms with Crippen molar-refractivity contribution in [3.63, 3.8) is 0 Å². The molecule has 0 aliphatic carbocycles. The van der Waals surface area contributed by atoms with E-state index in [4.69, 9.17) is 15.2 Å². The summed E-state index contributed by atoms with van der Waals surface area (Å²) in [5.41, 5.74) is 2.05. The molecule has 1 aromatic carbocycles. The molecule has 2 amide bonds. The smallest absolute Gasteiger partial charge is 0.408 e. The normalized spacial score (nSPS) is 24.6. The van der Waals surface area contributed by atoms with Crippen molar-refractivity contribution >= 4 is 17.5 Å². The molecule has 2 aromatic rings. The largest absolute Gasteiger partial charge is 0.493 e. The van der Waals surface area contributed by atoms with E-state index in [2.05, 4.69) is 15.6 Å². The van der Waals surface area contributed by atoms with Crippen LogP contribution in [-0.2, 0) is 9.53 Å². The van der Waals surface area contributed by atoms with E-state index >= 15 is 0 Å². The number of pyridine rings is 1. The molecule has 0 unspecified atom stereocenters. The zero-order valence-corrected chi connectivity index (χ0v) is 18.2. The molecule has 1 aliphatic heterocycles. The van der Waals surface area contributed by atoms with Gasteiger partial charge in [0.1, 0.15) is 11.2 Å². The van der Waals surface area contributed by atoms with Crippen LogP contribution >= 0.6 is 0 Å². The second-order valence-electron chi connectivity index (χ2n) is 7.77. The first-order valence-corrected chi connectivity index (χ1v) is 9.81. The molecule has 2 heterocycles. The summed E-state index contributed by atoms with van der Waals surface area (Å²) >= 11 is 0. The molecule has 13 heteroatoms. The molecule has 184 valence electrons. The Labute approximate surface area is 190 Å². The molecular formula is C21H21F5N4O4. The number of hydrogen-bond donors (Lipinski definition) is 3. The number of halogens is 5. The summed E-state index contributed by atoms with van der Waals surface area (Å²) in [6.07, 6.45) is -5.46. The second kappa shape index (κ2) is 9.14. The number of alkyl halides is 3. The SMILES string of the molecule is COc1c([C@H]2[C@H](C(=O)Nc3ccnc(C(N)=O)c3)N[C@@](C)(C(F)(F)F)[C@H]2OC)ccc(F)c1F. The van der Waals surface area contributed by atoms with Crippen molar-refractivity contribution in [2.24, 2.45) is 5.73 Å². The predicted molar refractivity (Wildman–Crippen MR) is 109 cm³/mol. The fourth-order valence-electron chi connectivity index (χ4n) is 4.11. The van der Waals surface area contributed by atoms with Gasteiger partial charge in [0, 0.05) is 30.5 Å². The topological polar surface area (TPSA) is 116 Å². The highest BCUT2D eigenvalue weighted by molar-refractivity contribution is 5.98. The van der Waals surface area contributed by atoms with Gasteiger partial charge >= 0.3 is 6.18 Å². The molecule has 1 aliphatic rings. The van der Waals surface area contributed by atoms with Crippen LogP contribution in [0.5, 0.6) is 5.75 Å². The molecule has 0 saturated carbocycles. The van der Waals surface area contributed by atoms with E-state index in [1.54, 1.807) is 0 Å². The van der Waals surface area contributed by atoms with Gasteiger partial charge in [-0.2, -0.15) is 17.6 Å². The van der Waals surface area contributed by atoms with E-state index in [1.165, 1.54) is 12.3 Å². The van der Waals surface area contributed by atoms with Gasteiger partial charge in [0.2, 0.25) is 11.7 Å². The Morgan fingerprint density at radius 1 is 1.21 bits per heavy atom. The van der Waals surface area contributed by atoms with Crippen molar-refractivity contribution in [1.82, 2.24) is 10.3 Å². The third-order valence-corrected chi connectivity index (χ3v) is 5.76. The van der Waals surface area contributed by atoms with E-state index in [1.807, 2.05) is 0 Å². The Hall–Kier alpha value is -3.32. The Bertz CT molecular complexity index is 1110. The fraction of sp³-hybridized carbons (Fsp3) is 0.381. The summed E-state index contributed by atoms with van der Waals surface area (Å²) in [5, 5.41) is 4.65. The molecule has 4 N–H and O–H groups in total. The first-order chi connectivity index (χ1) is 15.9. The van der Waals surface area contributed by atoms with Crippen LogP contribution in [0.3, 0.4) is 0 Å². The van der Waals surface area contributed by atoms with Gasteiger partial charge in [-0.05, 0) is 25.1 Å². The monoisotopic (exact) mass is 488 g/mol. The van der Waals surface area contributed by atoms with Crippen molar-refractivity contribution in [2.75, 3.05) is 19.5 Å². The lowest BCUT2D eigenvalue weighted by molar-refractivity contribution is -0.212. The van der Waals surface area contributed by atoms with Crippen molar-refractivity contribution in [1.29, 1.82) is 0 Å². The van der Waals surface area contributed by atoms with Gasteiger partial charge in [-0.1, -0.05) is 6.07 Å². The third kappa shape index (κ3) is 4.28. The van der Waals surface area contributed by atoms with E-state index in [9.17, 15) is 31.5 Å². The van der Waals surface area contributed by atoms with E-state index < -0.39 is 59.0 Å². The quantitative estimate of drug-likeness (QED) is 0.539. The third-order valence-electron chi connectivity index (χ3n) is 5.76. The number of primary amides is 1. The van der Waals surface area contributed by atoms with Crippen molar-refractivity contribution in [3.8, 4) is 5.75 Å². The average molecular weight is 488 g/mol. The zero-order chi connectivity index (χ0) is 25.4. The fourth-order valence-corrected chi connectivity index (χ4v) is 4.11. The summed E-state index contributed by atoms with van der Waals surface area (Å²) in [4.78, 5) is 28.2. The Morgan fingerprint density at radius 3 is 2.44 bits per heavy atom. The summed E-state index contributed by atoms with van der Waals surface area (Å²) in [6, 6.07) is 2.55. The van der Waals surface area contributed by atoms with Gasteiger partial charge in [0.15, 0.2) is 11.6 Å². The first kappa shape index (κ1) is 25.3. The van der Waals surface area contributed by atoms with Gasteiger partial charge < -0.3 is 20.5 Å². The number of carbonyl (C=O) groups is 2. The summed E-state index contributed by atoms with van der Waals surface area (Å²) in [6.45, 7) is 0.797. The van der Waals surface area contributed by atoms with Gasteiger partial charge in [-0.15, -0.1) is 0 Å². The van der Waals surface area contributed by atoms with Crippen LogP contribution in [0.1, 0.15) is 28.9 Å². The highest BCUT2D eigenvalue weighted by atomic mass is 19.4. The van der Waals surface area contributed by atoms with Crippen molar-refractivity contribution in [2.45, 2.75) is 36.7 Å². The minimum atomic E-state index is -4.90. The number of ether oxygens (including phenoxy) is 2. The lowest BCUT2D eigenvalue weighted by atomic mass is 9.82. The molecule has 3 rings (SSSR count). The summed E-state index contributed by atoms with van der Waals surface area (Å²) in [7, 11) is 2.03. The minimum Gasteiger partial charge on any atom is -0.493 e. The molecule has 34 heavy (non-hydrogen) atoms. The molecule has 0 bridgehead atoms. The van der Waals surface area contributed by atoms with Crippen LogP contribution in [-0.4, -0.2) is 54.9 Å². The Morgan fingerprint density at radius 2 is 1.88 bits per heavy atom. The number of amides is 2. The summed E-state index contributed by atoms with van der Waals surface area (Å²) < 4.78 is 80.6. The first-order valence-electron chi connectivity index (χ1n) is 9.81. The molecule has 0 radical (unpaired) electrons. The van der Waals surface area contributed by atoms with Crippen LogP contribution in [0.4, 0.5) is 27.6 Å². The van der Waals surface area contributed by atoms with Crippen molar-refractivity contribution < 1.29 is 41.0 Å². The van der Waals surface area contributed by atoms with E-state index in [0.717, 1.165) is 39.3 Å². The van der Waals surface area contributed by atoms with Crippen LogP contribution in [0.15, 0.2) is 30.5 Å². The number of nitrogens with one attached hydrogen (secondary N) is 2. The van der Waals surface area contributed by atoms with E-state index in [-0.39, 0.29) is 16.9 Å². The highest BCUT2D eigenvalue weighted by Crippen LogP contribution is 2.49. The minimum absolute atomic E-state index is 0.0289. The number of rotatable bonds is 6. The van der Waals surface area contributed by atoms with Gasteiger partial charge in [0.25, 0.3) is 5.91 Å². The molecule has 1 aromatic heterocycles. The lowest BCUT2D eigenvalue weighted by Crippen LogP contribution is -2.59. The molecule has 8 nitrogen and oxygen atoms in total. The maximum atomic E-state index is 14.4. The van der Waals surface area contributed by atoms with Crippen molar-refractivity contribution in [3.05, 3.63) is 53.4 Å². The standard InChI is InChI=1S/C21H21F5N4O4/c1-20(21(24,25)26)17(34-3)13(10-4-5-11(22)14(23)16(10)33-2)15(30-20)19(32)29-9-6-7-28-12(8-9)18(27)31/h4-8,13,15,17,30H,1-3H3,(H2,27,31)(H,28,29,32)/t13-,15+,17-,20+/m0/s1. The van der Waals surface area contributed by atoms with E-state index in [0.29, 0.717) is 0 Å². The molecule has 0 spiro atoms. The number of benzene rings is 1. The average Bonchev–Trinajstić information content (AvgIpc) is 3.09.